The van der Waals surface area contributed by atoms with Crippen molar-refractivity contribution in [2.45, 2.75) is 172 Å². The van der Waals surface area contributed by atoms with E-state index in [2.05, 4.69) is 43.5 Å². The Labute approximate surface area is 497 Å². The highest BCUT2D eigenvalue weighted by Crippen LogP contribution is 2.49. The van der Waals surface area contributed by atoms with E-state index < -0.39 is 48.3 Å². The number of morpholine rings is 1. The molecule has 458 valence electrons. The highest BCUT2D eigenvalue weighted by atomic mass is 19.4. The van der Waals surface area contributed by atoms with E-state index in [1.54, 1.807) is 13.2 Å². The van der Waals surface area contributed by atoms with Crippen LogP contribution >= 0.6 is 0 Å². The van der Waals surface area contributed by atoms with Crippen molar-refractivity contribution in [2.24, 2.45) is 22.7 Å². The third kappa shape index (κ3) is 11.9. The number of likely N-dealkylation sites (tertiary alicyclic amines) is 2. The Morgan fingerprint density at radius 1 is 0.929 bits per heavy atom. The van der Waals surface area contributed by atoms with Crippen LogP contribution in [0.4, 0.5) is 13.2 Å². The summed E-state index contributed by atoms with van der Waals surface area (Å²) in [5, 5.41) is 5.46. The van der Waals surface area contributed by atoms with E-state index in [0.29, 0.717) is 91.1 Å². The van der Waals surface area contributed by atoms with E-state index in [1.807, 2.05) is 63.4 Å². The van der Waals surface area contributed by atoms with Crippen molar-refractivity contribution in [3.05, 3.63) is 77.1 Å². The normalized spacial score (nSPS) is 30.3. The fourth-order valence-electron chi connectivity index (χ4n) is 16.3. The van der Waals surface area contributed by atoms with Gasteiger partial charge >= 0.3 is 12.1 Å². The molecular weight excluding hydrogens is 1090 g/mol. The average molecular weight is 1170 g/mol. The average Bonchev–Trinajstić information content (AvgIpc) is 1.95. The number of methoxy groups -OCH3 is 1. The first-order valence-corrected chi connectivity index (χ1v) is 31.8. The number of nitrogens with zero attached hydrogens (tertiary/aromatic N) is 7. The third-order valence-electron chi connectivity index (χ3n) is 21.1. The number of hydrazine groups is 1. The molecule has 7 aliphatic heterocycles. The zero-order valence-electron chi connectivity index (χ0n) is 50.3. The Balaban J connectivity index is 0.853. The number of carbonyl (C=O) groups excluding carboxylic acids is 4. The summed E-state index contributed by atoms with van der Waals surface area (Å²) >= 11 is 0. The number of likely N-dealkylation sites (N-methyl/N-ethyl adjacent to an activating group) is 1. The lowest BCUT2D eigenvalue weighted by molar-refractivity contribution is -0.155. The molecule has 9 aliphatic rings. The van der Waals surface area contributed by atoms with Gasteiger partial charge in [-0.05, 0) is 161 Å². The van der Waals surface area contributed by atoms with Crippen LogP contribution in [0.15, 0.2) is 54.7 Å². The number of pyridine rings is 1. The molecule has 6 saturated heterocycles. The smallest absolute Gasteiger partial charge is 0.406 e. The maximum absolute atomic E-state index is 15.4. The summed E-state index contributed by atoms with van der Waals surface area (Å²) in [6.45, 7) is 10.8. The molecule has 9 heterocycles. The van der Waals surface area contributed by atoms with E-state index in [1.165, 1.54) is 22.4 Å². The Hall–Kier alpha value is -5.44. The minimum atomic E-state index is -4.60. The molecule has 0 radical (unpaired) electrons. The topological polar surface area (TPSA) is 154 Å². The fourth-order valence-corrected chi connectivity index (χ4v) is 16.3. The summed E-state index contributed by atoms with van der Waals surface area (Å²) in [5.74, 6) is 0.0553. The molecular formula is C66H86F3N9O7. The zero-order valence-corrected chi connectivity index (χ0v) is 50.3. The SMILES string of the molecule is CO[C@@H](C)c1ncc([C@@H]2CCN3CCOC[C@@H]3C2)cc1-c1c2c3cc(ccc3n1CC(F)(F)F)-c1cccc(c1)C[C@H](NC(=O)[C@H](C1CCCC1)N1CC[C@]3(CCN(C(=O)[C@H]4[C@@H](C5CC5)N4C)C3)C1)C(=O)N1CCC[C@H](N1)C(=O)OCC(C)(C)C2. The molecule has 10 atom stereocenters. The van der Waals surface area contributed by atoms with Gasteiger partial charge in [-0.1, -0.05) is 57.0 Å². The molecule has 2 N–H and O–H groups in total. The molecule has 1 unspecified atom stereocenters. The van der Waals surface area contributed by atoms with Crippen LogP contribution in [0.2, 0.25) is 0 Å². The van der Waals surface area contributed by atoms with Crippen molar-refractivity contribution < 1.29 is 46.6 Å². The molecule has 13 rings (SSSR count). The summed E-state index contributed by atoms with van der Waals surface area (Å²) in [6.07, 6.45) is 7.88. The molecule has 2 aromatic heterocycles. The van der Waals surface area contributed by atoms with Gasteiger partial charge in [-0.15, -0.1) is 0 Å². The minimum absolute atomic E-state index is 0.0119. The number of hydrogen-bond acceptors (Lipinski definition) is 12. The van der Waals surface area contributed by atoms with Crippen LogP contribution in [-0.2, 0) is 52.8 Å². The van der Waals surface area contributed by atoms with Crippen LogP contribution in [0.25, 0.3) is 33.3 Å². The van der Waals surface area contributed by atoms with E-state index in [-0.39, 0.29) is 66.5 Å². The molecule has 3 amide bonds. The van der Waals surface area contributed by atoms with Gasteiger partial charge in [0.05, 0.1) is 43.4 Å². The van der Waals surface area contributed by atoms with E-state index in [4.69, 9.17) is 19.2 Å². The van der Waals surface area contributed by atoms with Crippen molar-refractivity contribution in [3.8, 4) is 22.4 Å². The highest BCUT2D eigenvalue weighted by Gasteiger charge is 2.59. The van der Waals surface area contributed by atoms with Gasteiger partial charge in [-0.25, -0.2) is 5.43 Å². The summed E-state index contributed by atoms with van der Waals surface area (Å²) in [7, 11) is 3.66. The monoisotopic (exact) mass is 1170 g/mol. The van der Waals surface area contributed by atoms with Gasteiger partial charge in [0.25, 0.3) is 5.91 Å². The van der Waals surface area contributed by atoms with Crippen LogP contribution in [0.5, 0.6) is 0 Å². The van der Waals surface area contributed by atoms with E-state index in [0.717, 1.165) is 99.8 Å². The van der Waals surface area contributed by atoms with Gasteiger partial charge in [0.1, 0.15) is 24.7 Å². The Morgan fingerprint density at radius 2 is 1.73 bits per heavy atom. The lowest BCUT2D eigenvalue weighted by Crippen LogP contribution is -2.62. The number of piperidine rings is 1. The van der Waals surface area contributed by atoms with Crippen molar-refractivity contribution in [3.63, 3.8) is 0 Å². The second-order valence-corrected chi connectivity index (χ2v) is 27.7. The lowest BCUT2D eigenvalue weighted by atomic mass is 9.82. The molecule has 2 aromatic carbocycles. The number of halogens is 3. The number of amides is 3. The maximum Gasteiger partial charge on any atom is 0.406 e. The van der Waals surface area contributed by atoms with Crippen molar-refractivity contribution in [1.29, 1.82) is 0 Å². The summed E-state index contributed by atoms with van der Waals surface area (Å²) in [6, 6.07) is 13.8. The number of rotatable bonds is 11. The number of fused-ring (bicyclic) bond motifs is 7. The predicted octanol–water partition coefficient (Wildman–Crippen LogP) is 8.44. The van der Waals surface area contributed by atoms with E-state index >= 15 is 22.8 Å². The summed E-state index contributed by atoms with van der Waals surface area (Å²) < 4.78 is 65.4. The van der Waals surface area contributed by atoms with Gasteiger partial charge in [0.15, 0.2) is 0 Å². The van der Waals surface area contributed by atoms with Gasteiger partial charge < -0.3 is 29.0 Å². The number of cyclic esters (lactones) is 1. The number of ether oxygens (including phenoxy) is 3. The largest absolute Gasteiger partial charge is 0.464 e. The van der Waals surface area contributed by atoms with Crippen molar-refractivity contribution in [1.82, 2.24) is 44.9 Å². The highest BCUT2D eigenvalue weighted by molar-refractivity contribution is 5.96. The minimum Gasteiger partial charge on any atom is -0.464 e. The molecule has 2 saturated carbocycles. The molecule has 4 aromatic rings. The van der Waals surface area contributed by atoms with Gasteiger partial charge in [0.2, 0.25) is 11.8 Å². The second-order valence-electron chi connectivity index (χ2n) is 27.7. The van der Waals surface area contributed by atoms with Crippen LogP contribution < -0.4 is 10.7 Å². The Kier molecular flexibility index (Phi) is 16.0. The van der Waals surface area contributed by atoms with Crippen LogP contribution in [0.1, 0.15) is 132 Å². The quantitative estimate of drug-likeness (QED) is 0.110. The number of benzene rings is 2. The van der Waals surface area contributed by atoms with Crippen LogP contribution in [0.3, 0.4) is 0 Å². The first-order chi connectivity index (χ1) is 40.8. The Bertz CT molecular complexity index is 3200. The number of nitrogens with one attached hydrogen (secondary N) is 2. The number of alkyl halides is 3. The summed E-state index contributed by atoms with van der Waals surface area (Å²) in [5.41, 5.74) is 8.26. The van der Waals surface area contributed by atoms with Gasteiger partial charge in [-0.3, -0.25) is 43.9 Å². The van der Waals surface area contributed by atoms with Gasteiger partial charge in [-0.2, -0.15) is 13.2 Å². The number of esters is 1. The third-order valence-corrected chi connectivity index (χ3v) is 21.1. The van der Waals surface area contributed by atoms with Gasteiger partial charge in [0, 0.05) is 91.8 Å². The second kappa shape index (κ2) is 23.3. The first-order valence-electron chi connectivity index (χ1n) is 31.8. The molecule has 85 heavy (non-hydrogen) atoms. The first kappa shape index (κ1) is 58.6. The van der Waals surface area contributed by atoms with E-state index in [9.17, 15) is 9.59 Å². The molecule has 1 spiro atoms. The zero-order chi connectivity index (χ0) is 59.1. The molecule has 6 bridgehead atoms. The van der Waals surface area contributed by atoms with Crippen molar-refractivity contribution in [2.75, 3.05) is 79.8 Å². The number of hydrogen-bond donors (Lipinski definition) is 2. The molecule has 16 nitrogen and oxygen atoms in total. The summed E-state index contributed by atoms with van der Waals surface area (Å²) in [4.78, 5) is 73.0. The molecule has 2 aliphatic carbocycles. The fraction of sp³-hybridized carbons (Fsp3) is 0.652. The molecule has 19 heteroatoms. The van der Waals surface area contributed by atoms with Crippen LogP contribution in [0, 0.1) is 22.7 Å². The van der Waals surface area contributed by atoms with Crippen molar-refractivity contribution >= 4 is 34.6 Å². The Morgan fingerprint density at radius 3 is 2.52 bits per heavy atom. The standard InChI is InChI=1S/C66H86F3N9O7/c1-40(83-5)55-50(32-47(34-70-55)46-19-23-74-26-27-84-35-48(74)30-46)58-51-33-64(2,3)39-85-63(82)52-14-9-22-78(72-52)61(80)53(29-41-10-8-13-44(28-41)45-17-18-54(49(51)31-45)77(58)38-66(67,68)69)71-60(79)57(42-11-6-7-12-42)75-24-20-65(36-75)21-25-76(37-65)62(81)59-56(73(59)4)43-15-16-43/h8,10,13,17-18,28,31-32,34,40,42-43,46,48,52-53,56-57,59,72H,6-7,9,11-12,14-16,19-27,29-30,33,35-39H2,1-5H3,(H,71,79)/t40-,46+,48-,52-,53-,56+,57-,59+,65-,73?/m0/s1. The predicted molar refractivity (Wildman–Crippen MR) is 316 cm³/mol. The lowest BCUT2D eigenvalue weighted by Gasteiger charge is -2.42. The number of carbonyl (C=O) groups is 4. The molecule has 8 fully saturated rings. The number of aromatic nitrogens is 2. The maximum atomic E-state index is 15.4. The van der Waals surface area contributed by atoms with Crippen LogP contribution in [-0.4, -0.2) is 180 Å².